The van der Waals surface area contributed by atoms with Crippen LogP contribution in [0.25, 0.3) is 11.3 Å². The first kappa shape index (κ1) is 28.2. The lowest BCUT2D eigenvalue weighted by atomic mass is 10.1. The zero-order chi connectivity index (χ0) is 28.4. The van der Waals surface area contributed by atoms with Gasteiger partial charge in [-0.1, -0.05) is 0 Å². The Balaban J connectivity index is 2.00. The van der Waals surface area contributed by atoms with E-state index in [0.29, 0.717) is 11.3 Å². The molecule has 3 rings (SSSR count). The molecule has 0 spiro atoms. The molecule has 0 fully saturated rings. The average Bonchev–Trinajstić information content (AvgIpc) is 3.17. The maximum atomic E-state index is 13.8. The Bertz CT molecular complexity index is 1350. The number of carboxylic acids is 1. The van der Waals surface area contributed by atoms with Gasteiger partial charge < -0.3 is 30.0 Å². The third kappa shape index (κ3) is 6.10. The Morgan fingerprint density at radius 3 is 2.55 bits per heavy atom. The number of aromatic nitrogens is 4. The molecule has 0 aliphatic rings. The molecule has 1 unspecified atom stereocenters. The summed E-state index contributed by atoms with van der Waals surface area (Å²) in [5.41, 5.74) is 6.54. The van der Waals surface area contributed by atoms with E-state index in [4.69, 9.17) is 19.9 Å². The molecule has 1 aromatic carbocycles. The fourth-order valence-corrected chi connectivity index (χ4v) is 3.69. The van der Waals surface area contributed by atoms with Gasteiger partial charge in [-0.25, -0.2) is 23.9 Å². The molecule has 13 heteroatoms. The van der Waals surface area contributed by atoms with Crippen molar-refractivity contribution < 1.29 is 33.3 Å². The van der Waals surface area contributed by atoms with E-state index in [1.807, 2.05) is 0 Å². The SMILES string of the molecule is COc1nn(C)c(C(C)N(C)C(=O)OC(C)(C)C)c1-c1cnc(N)c(OCc2cc(F)ccc2C(=O)O)n1. The molecular weight excluding hydrogens is 499 g/mol. The third-order valence-electron chi connectivity index (χ3n) is 5.60. The van der Waals surface area contributed by atoms with Crippen LogP contribution in [0.5, 0.6) is 11.8 Å². The van der Waals surface area contributed by atoms with Gasteiger partial charge in [0.05, 0.1) is 36.2 Å². The number of nitrogens with zero attached hydrogens (tertiary/aromatic N) is 5. The van der Waals surface area contributed by atoms with E-state index in [0.717, 1.165) is 18.2 Å². The molecule has 38 heavy (non-hydrogen) atoms. The molecule has 0 aliphatic carbocycles. The number of methoxy groups -OCH3 is 1. The van der Waals surface area contributed by atoms with Gasteiger partial charge in [-0.05, 0) is 45.9 Å². The normalized spacial score (nSPS) is 12.1. The van der Waals surface area contributed by atoms with Crippen LogP contribution in [-0.2, 0) is 18.4 Å². The predicted octanol–water partition coefficient (Wildman–Crippen LogP) is 3.81. The lowest BCUT2D eigenvalue weighted by Gasteiger charge is -2.29. The van der Waals surface area contributed by atoms with Crippen molar-refractivity contribution in [3.63, 3.8) is 0 Å². The highest BCUT2D eigenvalue weighted by molar-refractivity contribution is 5.89. The van der Waals surface area contributed by atoms with Crippen molar-refractivity contribution >= 4 is 17.9 Å². The summed E-state index contributed by atoms with van der Waals surface area (Å²) in [6.07, 6.45) is 0.865. The first-order valence-corrected chi connectivity index (χ1v) is 11.6. The minimum atomic E-state index is -1.23. The summed E-state index contributed by atoms with van der Waals surface area (Å²) in [6.45, 7) is 6.80. The number of rotatable bonds is 8. The summed E-state index contributed by atoms with van der Waals surface area (Å²) in [6, 6.07) is 2.73. The van der Waals surface area contributed by atoms with Crippen molar-refractivity contribution in [2.45, 2.75) is 45.9 Å². The number of carbonyl (C=O) groups is 2. The fraction of sp³-hybridized carbons (Fsp3) is 0.400. The van der Waals surface area contributed by atoms with Gasteiger partial charge in [0.2, 0.25) is 5.88 Å². The molecule has 204 valence electrons. The largest absolute Gasteiger partial charge is 0.479 e. The monoisotopic (exact) mass is 530 g/mol. The molecule has 0 radical (unpaired) electrons. The Morgan fingerprint density at radius 1 is 1.26 bits per heavy atom. The Morgan fingerprint density at radius 2 is 1.95 bits per heavy atom. The number of benzene rings is 1. The van der Waals surface area contributed by atoms with E-state index < -0.39 is 29.5 Å². The average molecular weight is 531 g/mol. The van der Waals surface area contributed by atoms with E-state index in [-0.39, 0.29) is 41.0 Å². The summed E-state index contributed by atoms with van der Waals surface area (Å²) in [5.74, 6) is -1.80. The van der Waals surface area contributed by atoms with Crippen molar-refractivity contribution in [1.29, 1.82) is 0 Å². The van der Waals surface area contributed by atoms with Crippen molar-refractivity contribution in [2.24, 2.45) is 7.05 Å². The molecule has 0 bridgehead atoms. The Hall–Kier alpha value is -4.42. The van der Waals surface area contributed by atoms with Crippen LogP contribution >= 0.6 is 0 Å². The standard InChI is InChI=1S/C25H31FN6O6/c1-13(31(5)24(35)38-25(2,3)4)19-18(21(36-7)30-32(19)6)17-11-28-20(27)22(29-17)37-12-14-10-15(26)8-9-16(14)23(33)34/h8-11,13H,12H2,1-7H3,(H2,27,28)(H,33,34). The number of aromatic carboxylic acids is 1. The maximum Gasteiger partial charge on any atom is 0.410 e. The number of nitrogen functional groups attached to an aromatic ring is 1. The first-order chi connectivity index (χ1) is 17.7. The van der Waals surface area contributed by atoms with Gasteiger partial charge in [0, 0.05) is 19.7 Å². The van der Waals surface area contributed by atoms with Crippen molar-refractivity contribution in [1.82, 2.24) is 24.6 Å². The number of hydrogen-bond acceptors (Lipinski definition) is 9. The summed E-state index contributed by atoms with van der Waals surface area (Å²) in [4.78, 5) is 34.3. The van der Waals surface area contributed by atoms with E-state index >= 15 is 0 Å². The minimum Gasteiger partial charge on any atom is -0.479 e. The number of hydrogen-bond donors (Lipinski definition) is 2. The highest BCUT2D eigenvalue weighted by Gasteiger charge is 2.31. The van der Waals surface area contributed by atoms with Gasteiger partial charge in [0.1, 0.15) is 23.7 Å². The molecular formula is C25H31FN6O6. The van der Waals surface area contributed by atoms with Gasteiger partial charge in [-0.2, -0.15) is 0 Å². The zero-order valence-electron chi connectivity index (χ0n) is 22.3. The van der Waals surface area contributed by atoms with Crippen LogP contribution in [0.3, 0.4) is 0 Å². The van der Waals surface area contributed by atoms with Gasteiger partial charge in [-0.3, -0.25) is 4.68 Å². The molecule has 2 heterocycles. The molecule has 0 saturated heterocycles. The van der Waals surface area contributed by atoms with Crippen LogP contribution in [0, 0.1) is 5.82 Å². The summed E-state index contributed by atoms with van der Waals surface area (Å²) in [7, 11) is 4.74. The van der Waals surface area contributed by atoms with Gasteiger partial charge in [0.15, 0.2) is 5.82 Å². The smallest absolute Gasteiger partial charge is 0.410 e. The van der Waals surface area contributed by atoms with Crippen LogP contribution in [-0.4, -0.2) is 61.6 Å². The van der Waals surface area contributed by atoms with Gasteiger partial charge in [0.25, 0.3) is 5.88 Å². The van der Waals surface area contributed by atoms with Crippen molar-refractivity contribution in [3.8, 4) is 23.0 Å². The maximum absolute atomic E-state index is 13.8. The molecule has 12 nitrogen and oxygen atoms in total. The van der Waals surface area contributed by atoms with Crippen LogP contribution in [0.2, 0.25) is 0 Å². The second-order valence-corrected chi connectivity index (χ2v) is 9.50. The van der Waals surface area contributed by atoms with Crippen molar-refractivity contribution in [2.75, 3.05) is 19.9 Å². The van der Waals surface area contributed by atoms with Crippen LogP contribution in [0.4, 0.5) is 15.0 Å². The quantitative estimate of drug-likeness (QED) is 0.439. The van der Waals surface area contributed by atoms with E-state index in [2.05, 4.69) is 15.1 Å². The third-order valence-corrected chi connectivity index (χ3v) is 5.60. The van der Waals surface area contributed by atoms with Crippen LogP contribution in [0.1, 0.15) is 55.4 Å². The number of amides is 1. The van der Waals surface area contributed by atoms with Gasteiger partial charge in [-0.15, -0.1) is 5.10 Å². The molecule has 2 aromatic heterocycles. The highest BCUT2D eigenvalue weighted by Crippen LogP contribution is 2.38. The number of nitrogens with two attached hydrogens (primary N) is 1. The molecule has 1 atom stereocenters. The number of halogens is 1. The number of aryl methyl sites for hydroxylation is 1. The zero-order valence-corrected chi connectivity index (χ0v) is 22.3. The predicted molar refractivity (Wildman–Crippen MR) is 135 cm³/mol. The Labute approximate surface area is 219 Å². The second kappa shape index (κ2) is 10.9. The highest BCUT2D eigenvalue weighted by atomic mass is 19.1. The summed E-state index contributed by atoms with van der Waals surface area (Å²) in [5, 5.41) is 13.8. The summed E-state index contributed by atoms with van der Waals surface area (Å²) >= 11 is 0. The molecule has 3 N–H and O–H groups in total. The van der Waals surface area contributed by atoms with E-state index in [1.54, 1.807) is 46.5 Å². The first-order valence-electron chi connectivity index (χ1n) is 11.6. The minimum absolute atomic E-state index is 0.0645. The van der Waals surface area contributed by atoms with Gasteiger partial charge >= 0.3 is 12.1 Å². The van der Waals surface area contributed by atoms with Crippen molar-refractivity contribution in [3.05, 3.63) is 47.0 Å². The molecule has 0 saturated carbocycles. The second-order valence-electron chi connectivity index (χ2n) is 9.50. The summed E-state index contributed by atoms with van der Waals surface area (Å²) < 4.78 is 32.0. The Kier molecular flexibility index (Phi) is 8.08. The van der Waals surface area contributed by atoms with Crippen LogP contribution in [0.15, 0.2) is 24.4 Å². The molecule has 1 amide bonds. The number of carbonyl (C=O) groups excluding carboxylic acids is 1. The molecule has 3 aromatic rings. The molecule has 0 aliphatic heterocycles. The van der Waals surface area contributed by atoms with Crippen LogP contribution < -0.4 is 15.2 Å². The lowest BCUT2D eigenvalue weighted by Crippen LogP contribution is -2.36. The number of carboxylic acid groups (broad SMARTS) is 1. The van der Waals surface area contributed by atoms with E-state index in [1.165, 1.54) is 18.2 Å². The number of anilines is 1. The number of ether oxygens (including phenoxy) is 3. The fourth-order valence-electron chi connectivity index (χ4n) is 3.69. The topological polar surface area (TPSA) is 155 Å². The van der Waals surface area contributed by atoms with E-state index in [9.17, 15) is 19.1 Å². The lowest BCUT2D eigenvalue weighted by molar-refractivity contribution is 0.0228.